The fourth-order valence-electron chi connectivity index (χ4n) is 4.63. The summed E-state index contributed by atoms with van der Waals surface area (Å²) in [7, 11) is 0. The van der Waals surface area contributed by atoms with Crippen molar-refractivity contribution in [2.45, 2.75) is 58.0 Å². The van der Waals surface area contributed by atoms with Crippen LogP contribution in [0.4, 0.5) is 38.1 Å². The zero-order chi connectivity index (χ0) is 35.1. The maximum Gasteiger partial charge on any atom is 0.408 e. The number of amides is 4. The molecule has 4 amide bonds. The number of rotatable bonds is 11. The van der Waals surface area contributed by atoms with Crippen molar-refractivity contribution in [2.24, 2.45) is 5.73 Å². The van der Waals surface area contributed by atoms with E-state index in [2.05, 4.69) is 16.0 Å². The zero-order valence-electron chi connectivity index (χ0n) is 25.9. The SMILES string of the molecule is CC(C)(C)OC(=O)N[C@@H](CC(N)=O)C(=O)NCc1ccc(C(=O)Nc2ccc(Cl)cc2N2CCN(CCC(F)(F)F)CC2)c(F)c1F. The predicted octanol–water partition coefficient (Wildman–Crippen LogP) is 4.33. The monoisotopic (exact) mass is 690 g/mol. The van der Waals surface area contributed by atoms with Crippen LogP contribution in [-0.4, -0.2) is 79.3 Å². The number of carbonyl (C=O) groups excluding carboxylic acids is 4. The summed E-state index contributed by atoms with van der Waals surface area (Å²) in [5, 5.41) is 7.36. The average molecular weight is 691 g/mol. The number of nitrogens with zero attached hydrogens (tertiary/aromatic N) is 2. The molecule has 5 N–H and O–H groups in total. The number of halogens is 6. The second-order valence-electron chi connectivity index (χ2n) is 11.8. The molecule has 0 saturated carbocycles. The average Bonchev–Trinajstić information content (AvgIpc) is 2.96. The predicted molar refractivity (Wildman–Crippen MR) is 164 cm³/mol. The maximum atomic E-state index is 15.1. The Kier molecular flexibility index (Phi) is 12.4. The Balaban J connectivity index is 1.68. The van der Waals surface area contributed by atoms with Gasteiger partial charge in [0.1, 0.15) is 11.6 Å². The van der Waals surface area contributed by atoms with E-state index in [9.17, 15) is 32.3 Å². The highest BCUT2D eigenvalue weighted by Gasteiger charge is 2.30. The van der Waals surface area contributed by atoms with Crippen molar-refractivity contribution in [3.8, 4) is 0 Å². The molecule has 0 unspecified atom stereocenters. The van der Waals surface area contributed by atoms with Gasteiger partial charge in [0.25, 0.3) is 5.91 Å². The Bertz CT molecular complexity index is 1480. The van der Waals surface area contributed by atoms with Crippen LogP contribution in [0.2, 0.25) is 5.02 Å². The molecule has 0 spiro atoms. The minimum Gasteiger partial charge on any atom is -0.444 e. The summed E-state index contributed by atoms with van der Waals surface area (Å²) in [6.45, 7) is 5.37. The van der Waals surface area contributed by atoms with E-state index < -0.39 is 78.2 Å². The molecule has 1 fully saturated rings. The van der Waals surface area contributed by atoms with E-state index in [0.717, 1.165) is 12.1 Å². The van der Waals surface area contributed by atoms with Crippen LogP contribution in [-0.2, 0) is 20.9 Å². The van der Waals surface area contributed by atoms with E-state index >= 15 is 8.78 Å². The highest BCUT2D eigenvalue weighted by atomic mass is 35.5. The molecule has 258 valence electrons. The number of benzene rings is 2. The van der Waals surface area contributed by atoms with Crippen LogP contribution in [0.25, 0.3) is 0 Å². The third kappa shape index (κ3) is 11.5. The largest absolute Gasteiger partial charge is 0.444 e. The van der Waals surface area contributed by atoms with Gasteiger partial charge in [-0.2, -0.15) is 13.2 Å². The molecule has 1 saturated heterocycles. The fraction of sp³-hybridized carbons (Fsp3) is 0.467. The minimum atomic E-state index is -4.27. The number of carbonyl (C=O) groups is 4. The second kappa shape index (κ2) is 15.6. The molecule has 1 heterocycles. The highest BCUT2D eigenvalue weighted by molar-refractivity contribution is 6.31. The van der Waals surface area contributed by atoms with Crippen LogP contribution in [0.1, 0.15) is 49.5 Å². The second-order valence-corrected chi connectivity index (χ2v) is 12.2. The van der Waals surface area contributed by atoms with Crippen molar-refractivity contribution in [1.82, 2.24) is 15.5 Å². The molecule has 0 radical (unpaired) electrons. The molecule has 47 heavy (non-hydrogen) atoms. The minimum absolute atomic E-state index is 0.141. The van der Waals surface area contributed by atoms with E-state index in [-0.39, 0.29) is 17.8 Å². The molecule has 1 aliphatic heterocycles. The first kappa shape index (κ1) is 37.3. The molecule has 1 aliphatic rings. The van der Waals surface area contributed by atoms with Gasteiger partial charge in [0, 0.05) is 49.9 Å². The maximum absolute atomic E-state index is 15.1. The number of alkyl halides is 3. The van der Waals surface area contributed by atoms with E-state index in [4.69, 9.17) is 22.1 Å². The molecular formula is C30H36ClF5N6O5. The van der Waals surface area contributed by atoms with Gasteiger partial charge in [-0.1, -0.05) is 17.7 Å². The lowest BCUT2D eigenvalue weighted by molar-refractivity contribution is -0.138. The van der Waals surface area contributed by atoms with Gasteiger partial charge in [-0.05, 0) is 45.0 Å². The van der Waals surface area contributed by atoms with Crippen molar-refractivity contribution in [1.29, 1.82) is 0 Å². The standard InChI is InChI=1S/C30H36ClF5N6O5/c1-29(2,3)47-28(46)40-21(15-23(37)43)27(45)38-16-17-4-6-19(25(33)24(17)32)26(44)39-20-7-5-18(31)14-22(20)42-12-10-41(11-13-42)9-8-30(34,35)36/h4-7,14,21H,8-13,15-16H2,1-3H3,(H2,37,43)(H,38,45)(H,39,44)(H,40,46)/t21-/m0/s1. The molecule has 1 atom stereocenters. The molecule has 0 aromatic heterocycles. The number of ether oxygens (including phenoxy) is 1. The number of piperazine rings is 1. The summed E-state index contributed by atoms with van der Waals surface area (Å²) in [5.74, 6) is -5.75. The molecule has 3 rings (SSSR count). The lowest BCUT2D eigenvalue weighted by atomic mass is 10.1. The van der Waals surface area contributed by atoms with Gasteiger partial charge in [-0.15, -0.1) is 0 Å². The number of hydrogen-bond donors (Lipinski definition) is 4. The van der Waals surface area contributed by atoms with Crippen molar-refractivity contribution in [3.05, 3.63) is 58.1 Å². The number of nitrogens with two attached hydrogens (primary N) is 1. The van der Waals surface area contributed by atoms with Crippen LogP contribution >= 0.6 is 11.6 Å². The first-order chi connectivity index (χ1) is 21.8. The van der Waals surface area contributed by atoms with Crippen molar-refractivity contribution >= 4 is 46.8 Å². The van der Waals surface area contributed by atoms with Crippen molar-refractivity contribution < 1.29 is 45.9 Å². The van der Waals surface area contributed by atoms with Gasteiger partial charge in [0.05, 0.1) is 29.8 Å². The quantitative estimate of drug-likeness (QED) is 0.257. The summed E-state index contributed by atoms with van der Waals surface area (Å²) >= 11 is 6.16. The van der Waals surface area contributed by atoms with E-state index in [0.29, 0.717) is 36.9 Å². The van der Waals surface area contributed by atoms with E-state index in [1.807, 2.05) is 4.90 Å². The Morgan fingerprint density at radius 2 is 1.66 bits per heavy atom. The van der Waals surface area contributed by atoms with Gasteiger partial charge < -0.3 is 31.3 Å². The number of hydrogen-bond acceptors (Lipinski definition) is 7. The molecule has 2 aromatic carbocycles. The van der Waals surface area contributed by atoms with Gasteiger partial charge >= 0.3 is 12.3 Å². The van der Waals surface area contributed by atoms with Gasteiger partial charge in [-0.25, -0.2) is 13.6 Å². The molecule has 11 nitrogen and oxygen atoms in total. The van der Waals surface area contributed by atoms with Crippen LogP contribution < -0.4 is 26.6 Å². The highest BCUT2D eigenvalue weighted by Crippen LogP contribution is 2.31. The first-order valence-corrected chi connectivity index (χ1v) is 14.9. The fourth-order valence-corrected chi connectivity index (χ4v) is 4.79. The number of anilines is 2. The lowest BCUT2D eigenvalue weighted by Crippen LogP contribution is -2.49. The van der Waals surface area contributed by atoms with Crippen molar-refractivity contribution in [2.75, 3.05) is 42.9 Å². The molecule has 2 aromatic rings. The van der Waals surface area contributed by atoms with E-state index in [1.54, 1.807) is 31.7 Å². The number of alkyl carbamates (subject to hydrolysis) is 1. The Morgan fingerprint density at radius 1 is 1.00 bits per heavy atom. The van der Waals surface area contributed by atoms with Gasteiger partial charge in [0.15, 0.2) is 11.6 Å². The van der Waals surface area contributed by atoms with Crippen LogP contribution in [0.5, 0.6) is 0 Å². The summed E-state index contributed by atoms with van der Waals surface area (Å²) in [4.78, 5) is 52.8. The lowest BCUT2D eigenvalue weighted by Gasteiger charge is -2.37. The van der Waals surface area contributed by atoms with Crippen LogP contribution in [0, 0.1) is 11.6 Å². The normalized spacial score (nSPS) is 14.7. The molecule has 0 aliphatic carbocycles. The zero-order valence-corrected chi connectivity index (χ0v) is 26.7. The third-order valence-corrected chi connectivity index (χ3v) is 7.14. The summed E-state index contributed by atoms with van der Waals surface area (Å²) in [6.07, 6.45) is -6.79. The summed E-state index contributed by atoms with van der Waals surface area (Å²) < 4.78 is 73.1. The molecule has 17 heteroatoms. The first-order valence-electron chi connectivity index (χ1n) is 14.5. The molecule has 0 bridgehead atoms. The van der Waals surface area contributed by atoms with Gasteiger partial charge in [-0.3, -0.25) is 19.3 Å². The number of primary amides is 1. The van der Waals surface area contributed by atoms with E-state index in [1.165, 1.54) is 12.1 Å². The van der Waals surface area contributed by atoms with Gasteiger partial charge in [0.2, 0.25) is 11.8 Å². The molecular weight excluding hydrogens is 655 g/mol. The summed E-state index contributed by atoms with van der Waals surface area (Å²) in [6, 6.07) is 5.14. The Morgan fingerprint density at radius 3 is 2.26 bits per heavy atom. The van der Waals surface area contributed by atoms with Crippen molar-refractivity contribution in [3.63, 3.8) is 0 Å². The smallest absolute Gasteiger partial charge is 0.408 e. The number of nitrogens with one attached hydrogen (secondary N) is 3. The van der Waals surface area contributed by atoms with Crippen LogP contribution in [0.3, 0.4) is 0 Å². The third-order valence-electron chi connectivity index (χ3n) is 6.91. The Labute approximate surface area is 272 Å². The summed E-state index contributed by atoms with van der Waals surface area (Å²) in [5.41, 5.74) is 3.96. The Hall–Kier alpha value is -4.18. The topological polar surface area (TPSA) is 146 Å². The van der Waals surface area contributed by atoms with Crippen LogP contribution in [0.15, 0.2) is 30.3 Å².